The Morgan fingerprint density at radius 2 is 1.87 bits per heavy atom. The van der Waals surface area contributed by atoms with Gasteiger partial charge in [-0.25, -0.2) is 4.39 Å². The zero-order chi connectivity index (χ0) is 10.5. The molecule has 1 saturated carbocycles. The van der Waals surface area contributed by atoms with Crippen LogP contribution in [0.25, 0.3) is 0 Å². The lowest BCUT2D eigenvalue weighted by molar-refractivity contribution is 0.202. The van der Waals surface area contributed by atoms with Crippen LogP contribution >= 0.6 is 0 Å². The number of hydrogen-bond acceptors (Lipinski definition) is 1. The molecule has 2 rings (SSSR count). The van der Waals surface area contributed by atoms with Crippen molar-refractivity contribution in [2.24, 2.45) is 5.92 Å². The first-order valence-electron chi connectivity index (χ1n) is 5.73. The van der Waals surface area contributed by atoms with Gasteiger partial charge in [-0.15, -0.1) is 0 Å². The first-order chi connectivity index (χ1) is 7.36. The van der Waals surface area contributed by atoms with E-state index in [4.69, 9.17) is 4.74 Å². The number of para-hydroxylation sites is 1. The molecule has 0 unspecified atom stereocenters. The van der Waals surface area contributed by atoms with Crippen molar-refractivity contribution in [3.8, 4) is 5.75 Å². The van der Waals surface area contributed by atoms with Gasteiger partial charge in [0.05, 0.1) is 6.61 Å². The quantitative estimate of drug-likeness (QED) is 0.734. The predicted octanol–water partition coefficient (Wildman–Crippen LogP) is 3.78. The van der Waals surface area contributed by atoms with Gasteiger partial charge in [-0.3, -0.25) is 0 Å². The molecule has 2 heteroatoms. The topological polar surface area (TPSA) is 9.23 Å². The Balaban J connectivity index is 1.84. The molecule has 0 bridgehead atoms. The predicted molar refractivity (Wildman–Crippen MR) is 58.5 cm³/mol. The van der Waals surface area contributed by atoms with Gasteiger partial charge in [-0.05, 0) is 30.9 Å². The summed E-state index contributed by atoms with van der Waals surface area (Å²) in [5, 5.41) is 0. The van der Waals surface area contributed by atoms with Crippen LogP contribution in [0.5, 0.6) is 5.75 Å². The molecule has 0 amide bonds. The van der Waals surface area contributed by atoms with Crippen molar-refractivity contribution in [2.75, 3.05) is 6.61 Å². The molecule has 0 aliphatic heterocycles. The minimum absolute atomic E-state index is 0.256. The number of ether oxygens (including phenoxy) is 1. The normalized spacial score (nSPS) is 17.7. The zero-order valence-electron chi connectivity index (χ0n) is 8.92. The van der Waals surface area contributed by atoms with Crippen molar-refractivity contribution >= 4 is 0 Å². The molecule has 0 spiro atoms. The molecule has 82 valence electrons. The van der Waals surface area contributed by atoms with Crippen molar-refractivity contribution < 1.29 is 9.13 Å². The average molecular weight is 208 g/mol. The second-order valence-corrected chi connectivity index (χ2v) is 4.25. The summed E-state index contributed by atoms with van der Waals surface area (Å²) in [6.07, 6.45) is 6.40. The Morgan fingerprint density at radius 1 is 1.13 bits per heavy atom. The zero-order valence-corrected chi connectivity index (χ0v) is 8.92. The highest BCUT2D eigenvalue weighted by Crippen LogP contribution is 2.25. The average Bonchev–Trinajstić information content (AvgIpc) is 2.29. The third-order valence-electron chi connectivity index (χ3n) is 3.04. The van der Waals surface area contributed by atoms with Gasteiger partial charge >= 0.3 is 0 Å². The van der Waals surface area contributed by atoms with Gasteiger partial charge in [0.1, 0.15) is 0 Å². The summed E-state index contributed by atoms with van der Waals surface area (Å²) in [4.78, 5) is 0. The lowest BCUT2D eigenvalue weighted by atomic mass is 9.90. The molecule has 15 heavy (non-hydrogen) atoms. The van der Waals surface area contributed by atoms with Crippen LogP contribution in [-0.2, 0) is 0 Å². The van der Waals surface area contributed by atoms with E-state index in [-0.39, 0.29) is 5.82 Å². The first kappa shape index (κ1) is 10.5. The maximum Gasteiger partial charge on any atom is 0.165 e. The minimum atomic E-state index is -0.256. The molecule has 0 heterocycles. The number of rotatable bonds is 3. The summed E-state index contributed by atoms with van der Waals surface area (Å²) >= 11 is 0. The van der Waals surface area contributed by atoms with E-state index >= 15 is 0 Å². The Morgan fingerprint density at radius 3 is 2.60 bits per heavy atom. The number of hydrogen-bond donors (Lipinski definition) is 0. The highest BCUT2D eigenvalue weighted by atomic mass is 19.1. The minimum Gasteiger partial charge on any atom is -0.490 e. The maximum absolute atomic E-state index is 13.2. The molecular weight excluding hydrogens is 191 g/mol. The van der Waals surface area contributed by atoms with Gasteiger partial charge in [0.25, 0.3) is 0 Å². The Bertz CT molecular complexity index is 305. The fraction of sp³-hybridized carbons (Fsp3) is 0.538. The van der Waals surface area contributed by atoms with Gasteiger partial charge in [0.2, 0.25) is 0 Å². The van der Waals surface area contributed by atoms with Gasteiger partial charge < -0.3 is 4.74 Å². The van der Waals surface area contributed by atoms with Crippen LogP contribution in [0.1, 0.15) is 32.1 Å². The fourth-order valence-corrected chi connectivity index (χ4v) is 2.12. The SMILES string of the molecule is Fc1ccccc1OCC1CCCCC1. The van der Waals surface area contributed by atoms with Crippen LogP contribution in [-0.4, -0.2) is 6.61 Å². The molecule has 0 aromatic heterocycles. The van der Waals surface area contributed by atoms with E-state index in [1.807, 2.05) is 0 Å². The molecular formula is C13H17FO. The Kier molecular flexibility index (Phi) is 3.59. The van der Waals surface area contributed by atoms with Crippen molar-refractivity contribution in [1.29, 1.82) is 0 Å². The second kappa shape index (κ2) is 5.15. The van der Waals surface area contributed by atoms with E-state index in [2.05, 4.69) is 0 Å². The molecule has 1 aromatic rings. The lowest BCUT2D eigenvalue weighted by Gasteiger charge is -2.21. The molecule has 0 radical (unpaired) electrons. The van der Waals surface area contributed by atoms with Crippen LogP contribution in [0, 0.1) is 11.7 Å². The van der Waals surface area contributed by atoms with Crippen LogP contribution < -0.4 is 4.74 Å². The fourth-order valence-electron chi connectivity index (χ4n) is 2.12. The highest BCUT2D eigenvalue weighted by molar-refractivity contribution is 5.23. The van der Waals surface area contributed by atoms with E-state index in [0.29, 0.717) is 18.3 Å². The molecule has 1 aliphatic carbocycles. The molecule has 1 nitrogen and oxygen atoms in total. The van der Waals surface area contributed by atoms with E-state index in [9.17, 15) is 4.39 Å². The maximum atomic E-state index is 13.2. The molecule has 0 N–H and O–H groups in total. The van der Waals surface area contributed by atoms with Crippen molar-refractivity contribution in [2.45, 2.75) is 32.1 Å². The summed E-state index contributed by atoms with van der Waals surface area (Å²) < 4.78 is 18.7. The smallest absolute Gasteiger partial charge is 0.165 e. The van der Waals surface area contributed by atoms with Gasteiger partial charge in [-0.1, -0.05) is 31.4 Å². The van der Waals surface area contributed by atoms with Crippen molar-refractivity contribution in [3.05, 3.63) is 30.1 Å². The third-order valence-corrected chi connectivity index (χ3v) is 3.04. The van der Waals surface area contributed by atoms with Gasteiger partial charge in [0.15, 0.2) is 11.6 Å². The van der Waals surface area contributed by atoms with Crippen LogP contribution in [0.4, 0.5) is 4.39 Å². The number of halogens is 1. The van der Waals surface area contributed by atoms with E-state index in [1.165, 1.54) is 38.2 Å². The van der Waals surface area contributed by atoms with E-state index in [1.54, 1.807) is 18.2 Å². The largest absolute Gasteiger partial charge is 0.490 e. The summed E-state index contributed by atoms with van der Waals surface area (Å²) in [6, 6.07) is 6.62. The van der Waals surface area contributed by atoms with E-state index in [0.717, 1.165) is 0 Å². The number of benzene rings is 1. The molecule has 1 fully saturated rings. The Hall–Kier alpha value is -1.05. The second-order valence-electron chi connectivity index (χ2n) is 4.25. The first-order valence-corrected chi connectivity index (χ1v) is 5.73. The third kappa shape index (κ3) is 2.95. The van der Waals surface area contributed by atoms with Crippen molar-refractivity contribution in [3.63, 3.8) is 0 Å². The van der Waals surface area contributed by atoms with Gasteiger partial charge in [-0.2, -0.15) is 0 Å². The molecule has 1 aliphatic rings. The molecule has 0 atom stereocenters. The van der Waals surface area contributed by atoms with Crippen LogP contribution in [0.3, 0.4) is 0 Å². The van der Waals surface area contributed by atoms with E-state index < -0.39 is 0 Å². The molecule has 0 saturated heterocycles. The standard InChI is InChI=1S/C13H17FO/c14-12-8-4-5-9-13(12)15-10-11-6-2-1-3-7-11/h4-5,8-9,11H,1-3,6-7,10H2. The summed E-state index contributed by atoms with van der Waals surface area (Å²) in [5.74, 6) is 0.759. The Labute approximate surface area is 90.3 Å². The molecule has 1 aromatic carbocycles. The summed E-state index contributed by atoms with van der Waals surface area (Å²) in [7, 11) is 0. The lowest BCUT2D eigenvalue weighted by Crippen LogP contribution is -2.15. The van der Waals surface area contributed by atoms with Gasteiger partial charge in [0, 0.05) is 0 Å². The monoisotopic (exact) mass is 208 g/mol. The van der Waals surface area contributed by atoms with Crippen LogP contribution in [0.15, 0.2) is 24.3 Å². The summed E-state index contributed by atoms with van der Waals surface area (Å²) in [5.41, 5.74) is 0. The summed E-state index contributed by atoms with van der Waals surface area (Å²) in [6.45, 7) is 0.668. The highest BCUT2D eigenvalue weighted by Gasteiger charge is 2.14. The van der Waals surface area contributed by atoms with Crippen molar-refractivity contribution in [1.82, 2.24) is 0 Å². The van der Waals surface area contributed by atoms with Crippen LogP contribution in [0.2, 0.25) is 0 Å².